The summed E-state index contributed by atoms with van der Waals surface area (Å²) in [5.41, 5.74) is 2.15. The zero-order chi connectivity index (χ0) is 14.7. The third kappa shape index (κ3) is 3.04. The minimum Gasteiger partial charge on any atom is -0.313 e. The summed E-state index contributed by atoms with van der Waals surface area (Å²) in [6, 6.07) is 11.9. The first-order valence-electron chi connectivity index (χ1n) is 9.09. The van der Waals surface area contributed by atoms with Crippen molar-refractivity contribution in [1.29, 1.82) is 0 Å². The molecule has 0 spiro atoms. The lowest BCUT2D eigenvalue weighted by atomic mass is 9.73. The zero-order valence-corrected chi connectivity index (χ0v) is 13.8. The summed E-state index contributed by atoms with van der Waals surface area (Å²) < 4.78 is 0. The number of benzene rings is 1. The molecule has 2 aliphatic carbocycles. The lowest BCUT2D eigenvalue weighted by molar-refractivity contribution is 0.164. The first-order chi connectivity index (χ1) is 10.3. The van der Waals surface area contributed by atoms with E-state index in [9.17, 15) is 0 Å². The summed E-state index contributed by atoms with van der Waals surface area (Å²) in [6.45, 7) is 5.90. The summed E-state index contributed by atoms with van der Waals surface area (Å²) in [5.74, 6) is 1.68. The Kier molecular flexibility index (Phi) is 4.69. The van der Waals surface area contributed by atoms with Gasteiger partial charge >= 0.3 is 0 Å². The Labute approximate surface area is 130 Å². The van der Waals surface area contributed by atoms with Crippen molar-refractivity contribution >= 4 is 0 Å². The molecule has 0 amide bonds. The van der Waals surface area contributed by atoms with Gasteiger partial charge < -0.3 is 5.32 Å². The van der Waals surface area contributed by atoms with Gasteiger partial charge in [0.1, 0.15) is 0 Å². The van der Waals surface area contributed by atoms with Crippen molar-refractivity contribution in [2.45, 2.75) is 70.8 Å². The Bertz CT molecular complexity index is 432. The molecule has 2 aliphatic rings. The van der Waals surface area contributed by atoms with Crippen molar-refractivity contribution in [3.05, 3.63) is 35.9 Å². The predicted molar refractivity (Wildman–Crippen MR) is 90.6 cm³/mol. The van der Waals surface area contributed by atoms with E-state index < -0.39 is 0 Å². The maximum atomic E-state index is 3.96. The molecular weight excluding hydrogens is 254 g/mol. The quantitative estimate of drug-likeness (QED) is 0.732. The lowest BCUT2D eigenvalue weighted by Gasteiger charge is -2.38. The molecule has 3 unspecified atom stereocenters. The van der Waals surface area contributed by atoms with E-state index in [-0.39, 0.29) is 0 Å². The van der Waals surface area contributed by atoms with E-state index in [0.717, 1.165) is 17.9 Å². The average Bonchev–Trinajstić information content (AvgIpc) is 3.17. The van der Waals surface area contributed by atoms with Gasteiger partial charge in [0.25, 0.3) is 0 Å². The summed E-state index contributed by atoms with van der Waals surface area (Å²) in [6.07, 6.45) is 9.78. The molecule has 116 valence electrons. The van der Waals surface area contributed by atoms with Crippen LogP contribution in [0.4, 0.5) is 0 Å². The molecule has 1 aromatic rings. The second-order valence-electron chi connectivity index (χ2n) is 7.27. The molecule has 0 radical (unpaired) electrons. The van der Waals surface area contributed by atoms with Crippen LogP contribution in [-0.2, 0) is 0 Å². The van der Waals surface area contributed by atoms with E-state index >= 15 is 0 Å². The van der Waals surface area contributed by atoms with Crippen LogP contribution >= 0.6 is 0 Å². The van der Waals surface area contributed by atoms with Crippen LogP contribution in [0.5, 0.6) is 0 Å². The van der Waals surface area contributed by atoms with Crippen molar-refractivity contribution in [1.82, 2.24) is 5.32 Å². The number of hydrogen-bond donors (Lipinski definition) is 1. The van der Waals surface area contributed by atoms with Crippen LogP contribution in [0.1, 0.15) is 70.3 Å². The standard InChI is InChI=1S/C20H31N/c1-3-14-21-19(20(4-2)12-8-9-13-20)18-15-17(18)16-10-6-5-7-11-16/h5-7,10-11,17-19,21H,3-4,8-9,12-15H2,1-2H3. The molecule has 0 heterocycles. The fraction of sp³-hybridized carbons (Fsp3) is 0.700. The van der Waals surface area contributed by atoms with Crippen molar-refractivity contribution in [2.24, 2.45) is 11.3 Å². The van der Waals surface area contributed by atoms with Gasteiger partial charge in [0.2, 0.25) is 0 Å². The zero-order valence-electron chi connectivity index (χ0n) is 13.8. The number of hydrogen-bond acceptors (Lipinski definition) is 1. The Morgan fingerprint density at radius 3 is 2.48 bits per heavy atom. The van der Waals surface area contributed by atoms with Gasteiger partial charge in [-0.3, -0.25) is 0 Å². The van der Waals surface area contributed by atoms with Gasteiger partial charge in [-0.05, 0) is 61.5 Å². The van der Waals surface area contributed by atoms with Gasteiger partial charge in [-0.2, -0.15) is 0 Å². The Morgan fingerprint density at radius 1 is 1.14 bits per heavy atom. The Balaban J connectivity index is 1.75. The van der Waals surface area contributed by atoms with Gasteiger partial charge in [-0.15, -0.1) is 0 Å². The summed E-state index contributed by atoms with van der Waals surface area (Å²) in [5, 5.41) is 3.96. The monoisotopic (exact) mass is 285 g/mol. The number of rotatable bonds is 7. The molecule has 0 aliphatic heterocycles. The molecule has 1 nitrogen and oxygen atoms in total. The average molecular weight is 285 g/mol. The molecule has 0 bridgehead atoms. The molecule has 1 aromatic carbocycles. The van der Waals surface area contributed by atoms with Crippen molar-refractivity contribution in [3.8, 4) is 0 Å². The third-order valence-electron chi connectivity index (χ3n) is 6.07. The summed E-state index contributed by atoms with van der Waals surface area (Å²) in [4.78, 5) is 0. The first-order valence-corrected chi connectivity index (χ1v) is 9.09. The van der Waals surface area contributed by atoms with Crippen LogP contribution in [0.15, 0.2) is 30.3 Å². The second-order valence-corrected chi connectivity index (χ2v) is 7.27. The molecule has 21 heavy (non-hydrogen) atoms. The topological polar surface area (TPSA) is 12.0 Å². The molecule has 3 rings (SSSR count). The minimum atomic E-state index is 0.587. The van der Waals surface area contributed by atoms with Crippen LogP contribution in [-0.4, -0.2) is 12.6 Å². The van der Waals surface area contributed by atoms with E-state index in [4.69, 9.17) is 0 Å². The lowest BCUT2D eigenvalue weighted by Crippen LogP contribution is -2.46. The van der Waals surface area contributed by atoms with Crippen LogP contribution < -0.4 is 5.32 Å². The predicted octanol–water partition coefficient (Wildman–Crippen LogP) is 5.13. The van der Waals surface area contributed by atoms with Crippen molar-refractivity contribution in [3.63, 3.8) is 0 Å². The van der Waals surface area contributed by atoms with Crippen molar-refractivity contribution < 1.29 is 0 Å². The van der Waals surface area contributed by atoms with E-state index in [1.54, 1.807) is 5.56 Å². The minimum absolute atomic E-state index is 0.587. The molecule has 0 aromatic heterocycles. The first kappa shape index (κ1) is 15.1. The molecular formula is C20H31N. The maximum Gasteiger partial charge on any atom is 0.0158 e. The van der Waals surface area contributed by atoms with Gasteiger partial charge in [-0.1, -0.05) is 57.0 Å². The fourth-order valence-corrected chi connectivity index (χ4v) is 4.75. The third-order valence-corrected chi connectivity index (χ3v) is 6.07. The molecule has 2 saturated carbocycles. The van der Waals surface area contributed by atoms with Crippen molar-refractivity contribution in [2.75, 3.05) is 6.54 Å². The maximum absolute atomic E-state index is 3.96. The van der Waals surface area contributed by atoms with Crippen LogP contribution in [0.3, 0.4) is 0 Å². The number of nitrogens with one attached hydrogen (secondary N) is 1. The normalized spacial score (nSPS) is 28.5. The molecule has 3 atom stereocenters. The van der Waals surface area contributed by atoms with E-state index in [1.807, 2.05) is 0 Å². The smallest absolute Gasteiger partial charge is 0.0158 e. The Morgan fingerprint density at radius 2 is 1.86 bits per heavy atom. The fourth-order valence-electron chi connectivity index (χ4n) is 4.75. The highest BCUT2D eigenvalue weighted by molar-refractivity contribution is 5.27. The summed E-state index contributed by atoms with van der Waals surface area (Å²) in [7, 11) is 0. The summed E-state index contributed by atoms with van der Waals surface area (Å²) >= 11 is 0. The van der Waals surface area contributed by atoms with Gasteiger partial charge in [0.15, 0.2) is 0 Å². The second kappa shape index (κ2) is 6.52. The van der Waals surface area contributed by atoms with Gasteiger partial charge in [0.05, 0.1) is 0 Å². The Hall–Kier alpha value is -0.820. The van der Waals surface area contributed by atoms with Crippen LogP contribution in [0.2, 0.25) is 0 Å². The van der Waals surface area contributed by atoms with Crippen LogP contribution in [0.25, 0.3) is 0 Å². The van der Waals surface area contributed by atoms with Gasteiger partial charge in [0, 0.05) is 6.04 Å². The van der Waals surface area contributed by atoms with Gasteiger partial charge in [-0.25, -0.2) is 0 Å². The molecule has 0 saturated heterocycles. The highest BCUT2D eigenvalue weighted by atomic mass is 15.0. The SMILES string of the molecule is CCCNC(C1CC1c1ccccc1)C1(CC)CCCC1. The van der Waals surface area contributed by atoms with E-state index in [2.05, 4.69) is 49.5 Å². The van der Waals surface area contributed by atoms with Crippen LogP contribution in [0, 0.1) is 11.3 Å². The molecule has 2 fully saturated rings. The largest absolute Gasteiger partial charge is 0.313 e. The highest BCUT2D eigenvalue weighted by Gasteiger charge is 2.52. The van der Waals surface area contributed by atoms with E-state index in [0.29, 0.717) is 5.41 Å². The molecule has 1 heteroatoms. The van der Waals surface area contributed by atoms with E-state index in [1.165, 1.54) is 51.5 Å². The molecule has 1 N–H and O–H groups in total. The highest BCUT2D eigenvalue weighted by Crippen LogP contribution is 2.57.